The summed E-state index contributed by atoms with van der Waals surface area (Å²) in [7, 11) is 2.18. The summed E-state index contributed by atoms with van der Waals surface area (Å²) in [6.07, 6.45) is 0.307. The number of ether oxygens (including phenoxy) is 2. The maximum Gasteiger partial charge on any atom is 0.0703 e. The minimum absolute atomic E-state index is 0.307. The number of hydrogen-bond acceptors (Lipinski definition) is 4. The lowest BCUT2D eigenvalue weighted by molar-refractivity contribution is 0.0112. The quantitative estimate of drug-likeness (QED) is 0.600. The van der Waals surface area contributed by atoms with Crippen molar-refractivity contribution in [3.8, 4) is 0 Å². The summed E-state index contributed by atoms with van der Waals surface area (Å²) in [4.78, 5) is 4.83. The van der Waals surface area contributed by atoms with Gasteiger partial charge in [-0.1, -0.05) is 0 Å². The third-order valence-corrected chi connectivity index (χ3v) is 2.83. The van der Waals surface area contributed by atoms with Crippen LogP contribution in [0, 0.1) is 0 Å². The smallest absolute Gasteiger partial charge is 0.0703 e. The van der Waals surface area contributed by atoms with Crippen LogP contribution in [0.1, 0.15) is 13.8 Å². The largest absolute Gasteiger partial charge is 0.378 e. The van der Waals surface area contributed by atoms with Crippen molar-refractivity contribution >= 4 is 0 Å². The van der Waals surface area contributed by atoms with E-state index in [-0.39, 0.29) is 0 Å². The van der Waals surface area contributed by atoms with Gasteiger partial charge < -0.3 is 14.4 Å². The Morgan fingerprint density at radius 3 is 2.31 bits per heavy atom. The molecule has 1 fully saturated rings. The van der Waals surface area contributed by atoms with Crippen LogP contribution in [-0.2, 0) is 9.47 Å². The Morgan fingerprint density at radius 1 is 1.00 bits per heavy atom. The third kappa shape index (κ3) is 6.43. The summed E-state index contributed by atoms with van der Waals surface area (Å²) in [5.74, 6) is 0. The fourth-order valence-corrected chi connectivity index (χ4v) is 1.71. The molecule has 0 bridgehead atoms. The van der Waals surface area contributed by atoms with Gasteiger partial charge >= 0.3 is 0 Å². The van der Waals surface area contributed by atoms with Crippen molar-refractivity contribution in [3.05, 3.63) is 0 Å². The van der Waals surface area contributed by atoms with E-state index in [1.807, 2.05) is 13.8 Å². The summed E-state index contributed by atoms with van der Waals surface area (Å²) in [6.45, 7) is 12.1. The lowest BCUT2D eigenvalue weighted by Gasteiger charge is -2.32. The molecule has 1 heterocycles. The Labute approximate surface area is 99.5 Å². The standard InChI is InChI=1S/C12H26N2O2/c1-12(2)16-11-10-15-9-8-14-6-4-13(3)5-7-14/h12H,4-11H2,1-3H3. The molecule has 0 aliphatic carbocycles. The van der Waals surface area contributed by atoms with Crippen molar-refractivity contribution in [2.75, 3.05) is 59.6 Å². The van der Waals surface area contributed by atoms with Crippen LogP contribution >= 0.6 is 0 Å². The van der Waals surface area contributed by atoms with Gasteiger partial charge in [-0.05, 0) is 20.9 Å². The molecule has 1 aliphatic heterocycles. The van der Waals surface area contributed by atoms with Gasteiger partial charge in [-0.2, -0.15) is 0 Å². The highest BCUT2D eigenvalue weighted by atomic mass is 16.5. The molecule has 0 amide bonds. The molecule has 0 spiro atoms. The highest BCUT2D eigenvalue weighted by molar-refractivity contribution is 4.68. The lowest BCUT2D eigenvalue weighted by atomic mass is 10.3. The second-order valence-corrected chi connectivity index (χ2v) is 4.68. The molecule has 0 aromatic carbocycles. The molecule has 0 radical (unpaired) electrons. The van der Waals surface area contributed by atoms with E-state index in [2.05, 4.69) is 16.8 Å². The second kappa shape index (κ2) is 8.01. The Kier molecular flexibility index (Phi) is 6.96. The molecular weight excluding hydrogens is 204 g/mol. The van der Waals surface area contributed by atoms with Crippen LogP contribution in [0.2, 0.25) is 0 Å². The zero-order chi connectivity index (χ0) is 11.8. The molecule has 1 saturated heterocycles. The molecule has 4 heteroatoms. The van der Waals surface area contributed by atoms with Gasteiger partial charge in [0.15, 0.2) is 0 Å². The molecule has 0 aromatic heterocycles. The minimum Gasteiger partial charge on any atom is -0.378 e. The van der Waals surface area contributed by atoms with E-state index in [9.17, 15) is 0 Å². The first kappa shape index (κ1) is 13.9. The van der Waals surface area contributed by atoms with Crippen LogP contribution in [-0.4, -0.2) is 75.5 Å². The predicted octanol–water partition coefficient (Wildman–Crippen LogP) is 0.675. The van der Waals surface area contributed by atoms with Gasteiger partial charge in [0, 0.05) is 32.7 Å². The van der Waals surface area contributed by atoms with Crippen molar-refractivity contribution in [1.29, 1.82) is 0 Å². The van der Waals surface area contributed by atoms with Gasteiger partial charge in [0.25, 0.3) is 0 Å². The second-order valence-electron chi connectivity index (χ2n) is 4.68. The first-order chi connectivity index (χ1) is 7.68. The first-order valence-electron chi connectivity index (χ1n) is 6.28. The van der Waals surface area contributed by atoms with Crippen LogP contribution in [0.4, 0.5) is 0 Å². The summed E-state index contributed by atoms with van der Waals surface area (Å²) in [5, 5.41) is 0. The molecule has 0 unspecified atom stereocenters. The normalized spacial score (nSPS) is 19.5. The maximum absolute atomic E-state index is 5.53. The molecule has 16 heavy (non-hydrogen) atoms. The molecular formula is C12H26N2O2. The van der Waals surface area contributed by atoms with Gasteiger partial charge in [0.1, 0.15) is 0 Å². The fraction of sp³-hybridized carbons (Fsp3) is 1.00. The monoisotopic (exact) mass is 230 g/mol. The number of hydrogen-bond donors (Lipinski definition) is 0. The number of nitrogens with zero attached hydrogens (tertiary/aromatic N) is 2. The molecule has 1 rings (SSSR count). The van der Waals surface area contributed by atoms with Crippen LogP contribution < -0.4 is 0 Å². The van der Waals surface area contributed by atoms with E-state index in [1.165, 1.54) is 26.2 Å². The van der Waals surface area contributed by atoms with E-state index < -0.39 is 0 Å². The molecule has 1 aliphatic rings. The van der Waals surface area contributed by atoms with Gasteiger partial charge in [0.05, 0.1) is 25.9 Å². The fourth-order valence-electron chi connectivity index (χ4n) is 1.71. The van der Waals surface area contributed by atoms with Crippen LogP contribution in [0.15, 0.2) is 0 Å². The van der Waals surface area contributed by atoms with Crippen molar-refractivity contribution in [2.45, 2.75) is 20.0 Å². The van der Waals surface area contributed by atoms with E-state index in [4.69, 9.17) is 9.47 Å². The van der Waals surface area contributed by atoms with Gasteiger partial charge in [0.2, 0.25) is 0 Å². The van der Waals surface area contributed by atoms with Crippen molar-refractivity contribution in [1.82, 2.24) is 9.80 Å². The Balaban J connectivity index is 1.87. The van der Waals surface area contributed by atoms with Crippen molar-refractivity contribution in [2.24, 2.45) is 0 Å². The summed E-state index contributed by atoms with van der Waals surface area (Å²) >= 11 is 0. The van der Waals surface area contributed by atoms with Crippen LogP contribution in [0.3, 0.4) is 0 Å². The molecule has 96 valence electrons. The van der Waals surface area contributed by atoms with E-state index in [1.54, 1.807) is 0 Å². The Bertz CT molecular complexity index is 168. The first-order valence-corrected chi connectivity index (χ1v) is 6.28. The van der Waals surface area contributed by atoms with Gasteiger partial charge in [-0.15, -0.1) is 0 Å². The van der Waals surface area contributed by atoms with Gasteiger partial charge in [-0.25, -0.2) is 0 Å². The molecule has 0 saturated carbocycles. The Hall–Kier alpha value is -0.160. The number of piperazine rings is 1. The predicted molar refractivity (Wildman–Crippen MR) is 65.8 cm³/mol. The summed E-state index contributed by atoms with van der Waals surface area (Å²) < 4.78 is 10.9. The SMILES string of the molecule is CC(C)OCCOCCN1CCN(C)CC1. The minimum atomic E-state index is 0.307. The van der Waals surface area contributed by atoms with E-state index in [0.29, 0.717) is 19.3 Å². The van der Waals surface area contributed by atoms with Crippen molar-refractivity contribution in [3.63, 3.8) is 0 Å². The zero-order valence-electron chi connectivity index (χ0n) is 10.9. The topological polar surface area (TPSA) is 24.9 Å². The Morgan fingerprint density at radius 2 is 1.69 bits per heavy atom. The molecule has 0 N–H and O–H groups in total. The highest BCUT2D eigenvalue weighted by Crippen LogP contribution is 1.98. The van der Waals surface area contributed by atoms with Crippen LogP contribution in [0.5, 0.6) is 0 Å². The van der Waals surface area contributed by atoms with E-state index in [0.717, 1.165) is 13.2 Å². The average Bonchev–Trinajstić information content (AvgIpc) is 2.25. The third-order valence-electron chi connectivity index (χ3n) is 2.83. The highest BCUT2D eigenvalue weighted by Gasteiger charge is 2.12. The van der Waals surface area contributed by atoms with Crippen molar-refractivity contribution < 1.29 is 9.47 Å². The van der Waals surface area contributed by atoms with E-state index >= 15 is 0 Å². The van der Waals surface area contributed by atoms with Crippen LogP contribution in [0.25, 0.3) is 0 Å². The number of rotatable bonds is 7. The summed E-state index contributed by atoms with van der Waals surface area (Å²) in [6, 6.07) is 0. The lowest BCUT2D eigenvalue weighted by Crippen LogP contribution is -2.45. The molecule has 0 aromatic rings. The number of likely N-dealkylation sites (N-methyl/N-ethyl adjacent to an activating group) is 1. The average molecular weight is 230 g/mol. The molecule has 0 atom stereocenters. The maximum atomic E-state index is 5.53. The zero-order valence-corrected chi connectivity index (χ0v) is 10.9. The van der Waals surface area contributed by atoms with Gasteiger partial charge in [-0.3, -0.25) is 4.90 Å². The molecule has 4 nitrogen and oxygen atoms in total. The summed E-state index contributed by atoms with van der Waals surface area (Å²) in [5.41, 5.74) is 0.